The van der Waals surface area contributed by atoms with Crippen LogP contribution in [0.5, 0.6) is 0 Å². The van der Waals surface area contributed by atoms with Gasteiger partial charge in [-0.2, -0.15) is 0 Å². The number of benzene rings is 1. The van der Waals surface area contributed by atoms with Crippen LogP contribution < -0.4 is 5.32 Å². The molecule has 2 rings (SSSR count). The van der Waals surface area contributed by atoms with E-state index in [4.69, 9.17) is 0 Å². The molecular weight excluding hydrogens is 222 g/mol. The zero-order chi connectivity index (χ0) is 12.8. The van der Waals surface area contributed by atoms with Crippen LogP contribution in [-0.2, 0) is 10.3 Å². The molecule has 0 aliphatic heterocycles. The first-order valence-corrected chi connectivity index (χ1v) is 7.03. The molecule has 1 aromatic rings. The first kappa shape index (κ1) is 13.3. The van der Waals surface area contributed by atoms with Gasteiger partial charge >= 0.3 is 0 Å². The first-order chi connectivity index (χ1) is 8.73. The van der Waals surface area contributed by atoms with Crippen molar-refractivity contribution >= 4 is 5.78 Å². The zero-order valence-corrected chi connectivity index (χ0v) is 11.2. The second-order valence-corrected chi connectivity index (χ2v) is 5.39. The molecule has 1 aromatic carbocycles. The van der Waals surface area contributed by atoms with Crippen LogP contribution >= 0.6 is 0 Å². The number of Topliss-reactive ketones (excluding diaryl/α,β-unsaturated/α-hetero) is 1. The lowest BCUT2D eigenvalue weighted by Crippen LogP contribution is -2.44. The highest BCUT2D eigenvalue weighted by molar-refractivity contribution is 5.75. The van der Waals surface area contributed by atoms with E-state index in [1.807, 2.05) is 0 Å². The van der Waals surface area contributed by atoms with Crippen LogP contribution in [0.25, 0.3) is 0 Å². The van der Waals surface area contributed by atoms with E-state index in [0.717, 1.165) is 6.54 Å². The molecule has 0 atom stereocenters. The third-order valence-corrected chi connectivity index (χ3v) is 3.97. The van der Waals surface area contributed by atoms with E-state index in [0.29, 0.717) is 6.42 Å². The summed E-state index contributed by atoms with van der Waals surface area (Å²) in [6, 6.07) is 10.7. The van der Waals surface area contributed by atoms with Crippen LogP contribution in [0, 0.1) is 0 Å². The molecule has 0 aromatic heterocycles. The number of rotatable bonds is 5. The third-order valence-electron chi connectivity index (χ3n) is 3.97. The SMILES string of the molecule is CC(=O)CCNC1(c2ccccc2)CCCCC1. The lowest BCUT2D eigenvalue weighted by Gasteiger charge is -2.39. The maximum absolute atomic E-state index is 11.1. The molecule has 1 aliphatic rings. The summed E-state index contributed by atoms with van der Waals surface area (Å²) in [5.74, 6) is 0.265. The Morgan fingerprint density at radius 2 is 1.83 bits per heavy atom. The molecule has 98 valence electrons. The number of nitrogens with one attached hydrogen (secondary N) is 1. The molecule has 0 spiro atoms. The Morgan fingerprint density at radius 1 is 1.17 bits per heavy atom. The van der Waals surface area contributed by atoms with Gasteiger partial charge in [0.1, 0.15) is 5.78 Å². The molecule has 0 heterocycles. The fourth-order valence-electron chi connectivity index (χ4n) is 2.96. The predicted octanol–water partition coefficient (Wildman–Crippen LogP) is 3.41. The monoisotopic (exact) mass is 245 g/mol. The Labute approximate surface area is 110 Å². The van der Waals surface area contributed by atoms with Crippen LogP contribution in [0.3, 0.4) is 0 Å². The highest BCUT2D eigenvalue weighted by atomic mass is 16.1. The average molecular weight is 245 g/mol. The summed E-state index contributed by atoms with van der Waals surface area (Å²) >= 11 is 0. The summed E-state index contributed by atoms with van der Waals surface area (Å²) in [4.78, 5) is 11.1. The standard InChI is InChI=1S/C16H23NO/c1-14(18)10-13-17-16(11-6-3-7-12-16)15-8-4-2-5-9-15/h2,4-5,8-9,17H,3,6-7,10-13H2,1H3. The van der Waals surface area contributed by atoms with Gasteiger partial charge in [0.2, 0.25) is 0 Å². The summed E-state index contributed by atoms with van der Waals surface area (Å²) in [6.07, 6.45) is 6.91. The van der Waals surface area contributed by atoms with Crippen molar-refractivity contribution in [1.82, 2.24) is 5.32 Å². The van der Waals surface area contributed by atoms with Crippen molar-refractivity contribution in [3.05, 3.63) is 35.9 Å². The molecule has 1 aliphatic carbocycles. The maximum Gasteiger partial charge on any atom is 0.131 e. The number of ketones is 1. The van der Waals surface area contributed by atoms with Gasteiger partial charge in [0, 0.05) is 18.5 Å². The highest BCUT2D eigenvalue weighted by Gasteiger charge is 2.32. The van der Waals surface area contributed by atoms with Crippen LogP contribution in [0.1, 0.15) is 51.0 Å². The van der Waals surface area contributed by atoms with Crippen LogP contribution in [0.4, 0.5) is 0 Å². The number of hydrogen-bond donors (Lipinski definition) is 1. The molecule has 0 amide bonds. The van der Waals surface area contributed by atoms with Gasteiger partial charge in [-0.3, -0.25) is 4.79 Å². The van der Waals surface area contributed by atoms with Gasteiger partial charge in [0.25, 0.3) is 0 Å². The largest absolute Gasteiger partial charge is 0.307 e. The van der Waals surface area contributed by atoms with E-state index in [-0.39, 0.29) is 11.3 Å². The molecule has 0 bridgehead atoms. The van der Waals surface area contributed by atoms with Crippen molar-refractivity contribution < 1.29 is 4.79 Å². The summed E-state index contributed by atoms with van der Waals surface area (Å²) < 4.78 is 0. The van der Waals surface area contributed by atoms with Crippen molar-refractivity contribution in [2.75, 3.05) is 6.54 Å². The Morgan fingerprint density at radius 3 is 2.44 bits per heavy atom. The van der Waals surface area contributed by atoms with Crippen LogP contribution in [-0.4, -0.2) is 12.3 Å². The predicted molar refractivity (Wildman–Crippen MR) is 74.5 cm³/mol. The van der Waals surface area contributed by atoms with Crippen molar-refractivity contribution in [2.45, 2.75) is 51.0 Å². The molecule has 1 saturated carbocycles. The number of carbonyl (C=O) groups excluding carboxylic acids is 1. The van der Waals surface area contributed by atoms with Crippen molar-refractivity contribution in [1.29, 1.82) is 0 Å². The molecule has 1 N–H and O–H groups in total. The smallest absolute Gasteiger partial charge is 0.131 e. The minimum absolute atomic E-state index is 0.106. The van der Waals surface area contributed by atoms with Crippen LogP contribution in [0.15, 0.2) is 30.3 Å². The first-order valence-electron chi connectivity index (χ1n) is 7.03. The molecule has 18 heavy (non-hydrogen) atoms. The van der Waals surface area contributed by atoms with Crippen molar-refractivity contribution in [3.63, 3.8) is 0 Å². The van der Waals surface area contributed by atoms with E-state index in [1.165, 1.54) is 37.7 Å². The lowest BCUT2D eigenvalue weighted by atomic mass is 9.76. The van der Waals surface area contributed by atoms with Gasteiger partial charge in [-0.15, -0.1) is 0 Å². The Hall–Kier alpha value is -1.15. The fraction of sp³-hybridized carbons (Fsp3) is 0.562. The Kier molecular flexibility index (Phi) is 4.54. The highest BCUT2D eigenvalue weighted by Crippen LogP contribution is 2.36. The van der Waals surface area contributed by atoms with Gasteiger partial charge in [0.15, 0.2) is 0 Å². The van der Waals surface area contributed by atoms with E-state index in [2.05, 4.69) is 35.6 Å². The van der Waals surface area contributed by atoms with Gasteiger partial charge in [-0.25, -0.2) is 0 Å². The van der Waals surface area contributed by atoms with E-state index in [9.17, 15) is 4.79 Å². The van der Waals surface area contributed by atoms with Crippen molar-refractivity contribution in [2.24, 2.45) is 0 Å². The average Bonchev–Trinajstić information content (AvgIpc) is 2.40. The minimum atomic E-state index is 0.106. The van der Waals surface area contributed by atoms with Crippen LogP contribution in [0.2, 0.25) is 0 Å². The molecular formula is C16H23NO. The summed E-state index contributed by atoms with van der Waals surface area (Å²) in [5, 5.41) is 3.66. The molecule has 2 nitrogen and oxygen atoms in total. The van der Waals surface area contributed by atoms with Gasteiger partial charge in [-0.1, -0.05) is 49.6 Å². The quantitative estimate of drug-likeness (QED) is 0.861. The molecule has 0 saturated heterocycles. The van der Waals surface area contributed by atoms with Gasteiger partial charge < -0.3 is 5.32 Å². The molecule has 2 heteroatoms. The molecule has 0 unspecified atom stereocenters. The van der Waals surface area contributed by atoms with E-state index in [1.54, 1.807) is 6.92 Å². The minimum Gasteiger partial charge on any atom is -0.307 e. The second-order valence-electron chi connectivity index (χ2n) is 5.39. The Balaban J connectivity index is 2.10. The molecule has 0 radical (unpaired) electrons. The van der Waals surface area contributed by atoms with Crippen molar-refractivity contribution in [3.8, 4) is 0 Å². The van der Waals surface area contributed by atoms with E-state index >= 15 is 0 Å². The van der Waals surface area contributed by atoms with Gasteiger partial charge in [-0.05, 0) is 25.3 Å². The topological polar surface area (TPSA) is 29.1 Å². The fourth-order valence-corrected chi connectivity index (χ4v) is 2.96. The number of hydrogen-bond acceptors (Lipinski definition) is 2. The summed E-state index contributed by atoms with van der Waals surface area (Å²) in [6.45, 7) is 2.46. The van der Waals surface area contributed by atoms with E-state index < -0.39 is 0 Å². The Bertz CT molecular complexity index is 379. The zero-order valence-electron chi connectivity index (χ0n) is 11.2. The third kappa shape index (κ3) is 3.20. The lowest BCUT2D eigenvalue weighted by molar-refractivity contribution is -0.117. The van der Waals surface area contributed by atoms with Gasteiger partial charge in [0.05, 0.1) is 0 Å². The molecule has 1 fully saturated rings. The normalized spacial score (nSPS) is 18.5. The number of carbonyl (C=O) groups is 1. The second kappa shape index (κ2) is 6.14. The maximum atomic E-state index is 11.1. The summed E-state index contributed by atoms with van der Waals surface area (Å²) in [5.41, 5.74) is 1.49. The summed E-state index contributed by atoms with van der Waals surface area (Å²) in [7, 11) is 0.